The topological polar surface area (TPSA) is 115 Å². The van der Waals surface area contributed by atoms with Crippen molar-refractivity contribution < 1.29 is 41.4 Å². The van der Waals surface area contributed by atoms with Gasteiger partial charge in [0.05, 0.1) is 22.2 Å². The van der Waals surface area contributed by atoms with Gasteiger partial charge in [-0.3, -0.25) is 14.2 Å². The number of nitrogens with one attached hydrogen (secondary N) is 1. The zero-order chi connectivity index (χ0) is 27.9. The predicted molar refractivity (Wildman–Crippen MR) is 123 cm³/mol. The van der Waals surface area contributed by atoms with Gasteiger partial charge in [0.15, 0.2) is 6.10 Å². The number of halogens is 6. The molecule has 202 valence electrons. The number of aryl methyl sites for hydroxylation is 1. The fourth-order valence-corrected chi connectivity index (χ4v) is 4.02. The number of benzene rings is 2. The van der Waals surface area contributed by atoms with E-state index in [-0.39, 0.29) is 30.2 Å². The molecule has 0 aliphatic carbocycles. The lowest BCUT2D eigenvalue weighted by molar-refractivity contribution is -0.189. The summed E-state index contributed by atoms with van der Waals surface area (Å²) >= 11 is 5.88. The number of hydrogen-bond acceptors (Lipinski definition) is 5. The van der Waals surface area contributed by atoms with Crippen molar-refractivity contribution in [3.63, 3.8) is 0 Å². The molecule has 1 aliphatic heterocycles. The Balaban J connectivity index is 1.80. The summed E-state index contributed by atoms with van der Waals surface area (Å²) in [6.07, 6.45) is -7.09. The molecule has 38 heavy (non-hydrogen) atoms. The number of amides is 1. The first kappa shape index (κ1) is 27.1. The van der Waals surface area contributed by atoms with Crippen molar-refractivity contribution in [2.24, 2.45) is 5.92 Å². The summed E-state index contributed by atoms with van der Waals surface area (Å²) in [5, 5.41) is 15.1. The highest BCUT2D eigenvalue weighted by molar-refractivity contribution is 6.34. The summed E-state index contributed by atoms with van der Waals surface area (Å²) in [4.78, 5) is 37.1. The van der Waals surface area contributed by atoms with E-state index in [1.807, 2.05) is 0 Å². The minimum atomic E-state index is -4.88. The van der Waals surface area contributed by atoms with E-state index in [1.165, 1.54) is 12.1 Å². The van der Waals surface area contributed by atoms with Crippen molar-refractivity contribution in [1.82, 2.24) is 14.3 Å². The Bertz CT molecular complexity index is 1470. The first-order valence-corrected chi connectivity index (χ1v) is 11.4. The molecule has 1 unspecified atom stereocenters. The number of para-hydroxylation sites is 1. The summed E-state index contributed by atoms with van der Waals surface area (Å²) in [5.41, 5.74) is -2.82. The van der Waals surface area contributed by atoms with Crippen LogP contribution >= 0.6 is 11.6 Å². The average Bonchev–Trinajstić information content (AvgIpc) is 3.17. The van der Waals surface area contributed by atoms with E-state index in [1.54, 1.807) is 0 Å². The van der Waals surface area contributed by atoms with Gasteiger partial charge in [0.2, 0.25) is 0 Å². The van der Waals surface area contributed by atoms with Crippen LogP contribution in [0.2, 0.25) is 5.02 Å². The summed E-state index contributed by atoms with van der Waals surface area (Å²) in [5.74, 6) is -6.09. The maximum Gasteiger partial charge on any atom is 0.425 e. The van der Waals surface area contributed by atoms with E-state index >= 15 is 4.39 Å². The second kappa shape index (κ2) is 10.1. The van der Waals surface area contributed by atoms with Crippen molar-refractivity contribution in [3.05, 3.63) is 68.9 Å². The van der Waals surface area contributed by atoms with Crippen molar-refractivity contribution in [2.75, 3.05) is 5.32 Å². The van der Waals surface area contributed by atoms with Gasteiger partial charge in [0.1, 0.15) is 28.9 Å². The van der Waals surface area contributed by atoms with Gasteiger partial charge >= 0.3 is 17.8 Å². The molecule has 1 amide bonds. The van der Waals surface area contributed by atoms with Gasteiger partial charge in [-0.2, -0.15) is 17.9 Å². The lowest BCUT2D eigenvalue weighted by Crippen LogP contribution is -2.33. The maximum atomic E-state index is 15.2. The van der Waals surface area contributed by atoms with Crippen LogP contribution in [0, 0.1) is 17.6 Å². The molecule has 1 aliphatic rings. The van der Waals surface area contributed by atoms with Crippen LogP contribution in [-0.2, 0) is 17.8 Å². The lowest BCUT2D eigenvalue weighted by atomic mass is 10.00. The predicted octanol–water partition coefficient (Wildman–Crippen LogP) is 4.19. The normalized spacial score (nSPS) is 16.0. The smallest absolute Gasteiger partial charge is 0.425 e. The first-order chi connectivity index (χ1) is 17.8. The Kier molecular flexibility index (Phi) is 7.19. The molecular weight excluding hydrogens is 543 g/mol. The molecule has 0 spiro atoms. The number of rotatable bonds is 6. The van der Waals surface area contributed by atoms with Crippen molar-refractivity contribution >= 4 is 29.2 Å². The molecule has 3 aromatic rings. The van der Waals surface area contributed by atoms with Crippen LogP contribution < -0.4 is 15.7 Å². The van der Waals surface area contributed by atoms with Gasteiger partial charge in [-0.15, -0.1) is 5.10 Å². The molecule has 0 fully saturated rings. The molecule has 4 rings (SSSR count). The van der Waals surface area contributed by atoms with Crippen LogP contribution in [0.25, 0.3) is 5.69 Å². The summed E-state index contributed by atoms with van der Waals surface area (Å²) in [7, 11) is 0. The zero-order valence-corrected chi connectivity index (χ0v) is 20.1. The molecule has 0 radical (unpaired) electrons. The molecule has 0 saturated carbocycles. The molecule has 2 heterocycles. The number of nitrogens with zero attached hydrogens (tertiary/aromatic N) is 3. The highest BCUT2D eigenvalue weighted by Crippen LogP contribution is 2.32. The van der Waals surface area contributed by atoms with E-state index in [4.69, 9.17) is 16.3 Å². The van der Waals surface area contributed by atoms with E-state index < -0.39 is 70.1 Å². The quantitative estimate of drug-likeness (QED) is 0.437. The average molecular weight is 561 g/mol. The van der Waals surface area contributed by atoms with E-state index in [2.05, 4.69) is 10.4 Å². The number of hydrogen-bond donors (Lipinski definition) is 2. The Labute approximate surface area is 215 Å². The fraction of sp³-hybridized carbons (Fsp3) is 0.304. The van der Waals surface area contributed by atoms with Gasteiger partial charge in [0.25, 0.3) is 5.91 Å². The molecular formula is C23H18ClF5N4O5. The molecule has 2 aromatic carbocycles. The number of aliphatic carboxylic acids is 1. The number of ether oxygens (including phenoxy) is 1. The number of carboxylic acid groups (broad SMARTS) is 1. The highest BCUT2D eigenvalue weighted by Gasteiger charge is 2.39. The first-order valence-electron chi connectivity index (χ1n) is 11.0. The summed E-state index contributed by atoms with van der Waals surface area (Å²) < 4.78 is 75.7. The molecule has 2 atom stereocenters. The van der Waals surface area contributed by atoms with Crippen LogP contribution in [-0.4, -0.2) is 43.6 Å². The van der Waals surface area contributed by atoms with E-state index in [0.29, 0.717) is 23.7 Å². The Morgan fingerprint density at radius 3 is 2.58 bits per heavy atom. The van der Waals surface area contributed by atoms with Crippen LogP contribution in [0.1, 0.15) is 29.5 Å². The van der Waals surface area contributed by atoms with Gasteiger partial charge in [-0.1, -0.05) is 17.7 Å². The molecule has 1 aromatic heterocycles. The number of alkyl halides is 3. The van der Waals surface area contributed by atoms with Crippen LogP contribution in [0.5, 0.6) is 5.75 Å². The number of carboxylic acids is 1. The van der Waals surface area contributed by atoms with Gasteiger partial charge < -0.3 is 15.2 Å². The zero-order valence-electron chi connectivity index (χ0n) is 19.4. The van der Waals surface area contributed by atoms with Crippen molar-refractivity contribution in [3.8, 4) is 11.4 Å². The Morgan fingerprint density at radius 1 is 1.24 bits per heavy atom. The molecule has 2 N–H and O–H groups in total. The van der Waals surface area contributed by atoms with Gasteiger partial charge in [-0.05, 0) is 31.5 Å². The van der Waals surface area contributed by atoms with Crippen molar-refractivity contribution in [1.29, 1.82) is 0 Å². The second-order valence-corrected chi connectivity index (χ2v) is 8.85. The molecule has 9 nitrogen and oxygen atoms in total. The van der Waals surface area contributed by atoms with Gasteiger partial charge in [-0.25, -0.2) is 13.6 Å². The van der Waals surface area contributed by atoms with Crippen molar-refractivity contribution in [2.45, 2.75) is 38.6 Å². The van der Waals surface area contributed by atoms with Crippen LogP contribution in [0.15, 0.2) is 35.1 Å². The number of fused-ring (bicyclic) bond motifs is 1. The van der Waals surface area contributed by atoms with E-state index in [9.17, 15) is 37.1 Å². The highest BCUT2D eigenvalue weighted by atomic mass is 35.5. The third kappa shape index (κ3) is 5.21. The number of carbonyl (C=O) groups is 2. The minimum absolute atomic E-state index is 0.0825. The maximum absolute atomic E-state index is 15.2. The molecule has 15 heteroatoms. The van der Waals surface area contributed by atoms with E-state index in [0.717, 1.165) is 10.6 Å². The Hall–Kier alpha value is -3.94. The number of aromatic nitrogens is 3. The summed E-state index contributed by atoms with van der Waals surface area (Å²) in [6, 6.07) is 4.67. The second-order valence-electron chi connectivity index (χ2n) is 8.45. The SMILES string of the molecule is C[C@H](Oc1cc(-n2nc3n(c2=O)CC(C(=O)O)CC3)c(F)cc1C(=O)Nc1c(F)cccc1Cl)C(F)(F)F. The number of anilines is 1. The van der Waals surface area contributed by atoms with Crippen LogP contribution in [0.3, 0.4) is 0 Å². The monoisotopic (exact) mass is 560 g/mol. The summed E-state index contributed by atoms with van der Waals surface area (Å²) in [6.45, 7) is 0.412. The standard InChI is InChI=1S/C23H18ClF5N4O5/c1-10(23(27,28)29)38-17-8-16(33-22(37)32-9-11(21(35)36)5-6-18(32)31-33)15(26)7-12(17)20(34)30-19-13(24)3-2-4-14(19)25/h2-4,7-8,10-11H,5-6,9H2,1H3,(H,30,34)(H,35,36)/t10-,11?/m0/s1. The number of carbonyl (C=O) groups excluding carboxylic acids is 1. The third-order valence-corrected chi connectivity index (χ3v) is 6.21. The molecule has 0 bridgehead atoms. The molecule has 0 saturated heterocycles. The fourth-order valence-electron chi connectivity index (χ4n) is 3.81. The Morgan fingerprint density at radius 2 is 1.95 bits per heavy atom. The van der Waals surface area contributed by atoms with Crippen LogP contribution in [0.4, 0.5) is 27.6 Å². The lowest BCUT2D eigenvalue weighted by Gasteiger charge is -2.20. The third-order valence-electron chi connectivity index (χ3n) is 5.90. The van der Waals surface area contributed by atoms with Gasteiger partial charge in [0, 0.05) is 19.0 Å². The largest absolute Gasteiger partial charge is 0.481 e. The minimum Gasteiger partial charge on any atom is -0.481 e.